The molecule has 0 spiro atoms. The lowest BCUT2D eigenvalue weighted by Gasteiger charge is -2.17. The lowest BCUT2D eigenvalue weighted by molar-refractivity contribution is -0.137. The fourth-order valence-electron chi connectivity index (χ4n) is 2.21. The van der Waals surface area contributed by atoms with E-state index < -0.39 is 5.97 Å². The molecule has 3 nitrogen and oxygen atoms in total. The van der Waals surface area contributed by atoms with E-state index in [1.165, 1.54) is 58.2 Å². The summed E-state index contributed by atoms with van der Waals surface area (Å²) < 4.78 is 0. The number of carboxylic acids is 1. The molecule has 18 heavy (non-hydrogen) atoms. The molecular formula is C15H31NO2. The van der Waals surface area contributed by atoms with Gasteiger partial charge in [0.2, 0.25) is 0 Å². The number of nitrogens with zero attached hydrogens (tertiary/aromatic N) is 1. The average molecular weight is 257 g/mol. The molecule has 3 heteroatoms. The average Bonchev–Trinajstić information content (AvgIpc) is 2.36. The molecule has 0 aromatic rings. The van der Waals surface area contributed by atoms with Gasteiger partial charge in [0.25, 0.3) is 0 Å². The van der Waals surface area contributed by atoms with Gasteiger partial charge in [-0.25, -0.2) is 0 Å². The molecule has 0 aliphatic rings. The minimum Gasteiger partial charge on any atom is -0.481 e. The second kappa shape index (κ2) is 12.9. The van der Waals surface area contributed by atoms with Crippen LogP contribution < -0.4 is 0 Å². The maximum Gasteiger partial charge on any atom is 0.303 e. The van der Waals surface area contributed by atoms with Crippen LogP contribution in [0.3, 0.4) is 0 Å². The van der Waals surface area contributed by atoms with Crippen molar-refractivity contribution in [1.82, 2.24) is 4.90 Å². The summed E-state index contributed by atoms with van der Waals surface area (Å²) in [5.41, 5.74) is 0. The molecule has 108 valence electrons. The highest BCUT2D eigenvalue weighted by molar-refractivity contribution is 5.66. The Morgan fingerprint density at radius 3 is 1.72 bits per heavy atom. The molecule has 0 saturated heterocycles. The minimum absolute atomic E-state index is 0.337. The number of hydrogen-bond acceptors (Lipinski definition) is 2. The van der Waals surface area contributed by atoms with Crippen molar-refractivity contribution in [3.05, 3.63) is 0 Å². The Morgan fingerprint density at radius 1 is 0.833 bits per heavy atom. The Bertz CT molecular complexity index is 191. The second-order valence-corrected chi connectivity index (χ2v) is 5.00. The molecule has 0 amide bonds. The largest absolute Gasteiger partial charge is 0.481 e. The van der Waals surface area contributed by atoms with Gasteiger partial charge in [-0.3, -0.25) is 4.79 Å². The number of hydrogen-bond donors (Lipinski definition) is 1. The van der Waals surface area contributed by atoms with Crippen LogP contribution in [-0.4, -0.2) is 35.6 Å². The first-order chi connectivity index (χ1) is 8.70. The van der Waals surface area contributed by atoms with Crippen molar-refractivity contribution in [3.63, 3.8) is 0 Å². The molecule has 0 unspecified atom stereocenters. The van der Waals surface area contributed by atoms with E-state index in [4.69, 9.17) is 5.11 Å². The molecule has 0 heterocycles. The Morgan fingerprint density at radius 2 is 1.28 bits per heavy atom. The maximum atomic E-state index is 10.3. The van der Waals surface area contributed by atoms with Gasteiger partial charge in [-0.2, -0.15) is 0 Å². The van der Waals surface area contributed by atoms with Crippen LogP contribution in [0.5, 0.6) is 0 Å². The Balaban J connectivity index is 3.09. The first kappa shape index (κ1) is 17.4. The van der Waals surface area contributed by atoms with Crippen molar-refractivity contribution in [2.75, 3.05) is 19.6 Å². The molecule has 0 aliphatic heterocycles. The molecule has 0 aromatic heterocycles. The third kappa shape index (κ3) is 11.9. The van der Waals surface area contributed by atoms with Gasteiger partial charge in [0, 0.05) is 6.42 Å². The SMILES string of the molecule is CCN(CC)CCCCCCCCCCC(=O)O. The third-order valence-electron chi connectivity index (χ3n) is 3.51. The molecule has 0 radical (unpaired) electrons. The van der Waals surface area contributed by atoms with Crippen LogP contribution >= 0.6 is 0 Å². The zero-order valence-corrected chi connectivity index (χ0v) is 12.3. The topological polar surface area (TPSA) is 40.5 Å². The standard InChI is InChI=1S/C15H31NO2/c1-3-16(4-2)14-12-10-8-6-5-7-9-11-13-15(17)18/h3-14H2,1-2H3,(H,17,18). The van der Waals surface area contributed by atoms with Gasteiger partial charge < -0.3 is 10.0 Å². The number of unbranched alkanes of at least 4 members (excludes halogenated alkanes) is 7. The molecule has 0 saturated carbocycles. The maximum absolute atomic E-state index is 10.3. The highest BCUT2D eigenvalue weighted by Crippen LogP contribution is 2.10. The number of carbonyl (C=O) groups is 1. The van der Waals surface area contributed by atoms with Crippen LogP contribution in [0.1, 0.15) is 71.6 Å². The summed E-state index contributed by atoms with van der Waals surface area (Å²) >= 11 is 0. The van der Waals surface area contributed by atoms with Crippen molar-refractivity contribution >= 4 is 5.97 Å². The van der Waals surface area contributed by atoms with E-state index in [9.17, 15) is 4.79 Å². The Kier molecular flexibility index (Phi) is 12.5. The smallest absolute Gasteiger partial charge is 0.303 e. The van der Waals surface area contributed by atoms with Gasteiger partial charge in [-0.05, 0) is 32.5 Å². The van der Waals surface area contributed by atoms with Crippen molar-refractivity contribution in [2.24, 2.45) is 0 Å². The van der Waals surface area contributed by atoms with Crippen LogP contribution in [0.25, 0.3) is 0 Å². The first-order valence-corrected chi connectivity index (χ1v) is 7.64. The highest BCUT2D eigenvalue weighted by atomic mass is 16.4. The van der Waals surface area contributed by atoms with Gasteiger partial charge in [-0.15, -0.1) is 0 Å². The van der Waals surface area contributed by atoms with Crippen molar-refractivity contribution < 1.29 is 9.90 Å². The van der Waals surface area contributed by atoms with E-state index in [1.54, 1.807) is 0 Å². The molecule has 0 rings (SSSR count). The number of rotatable bonds is 13. The van der Waals surface area contributed by atoms with Crippen molar-refractivity contribution in [2.45, 2.75) is 71.6 Å². The van der Waals surface area contributed by atoms with Crippen LogP contribution in [-0.2, 0) is 4.79 Å². The number of carboxylic acid groups (broad SMARTS) is 1. The predicted molar refractivity (Wildman–Crippen MR) is 77.0 cm³/mol. The summed E-state index contributed by atoms with van der Waals surface area (Å²) in [4.78, 5) is 12.8. The Labute approximate surface area is 113 Å². The Hall–Kier alpha value is -0.570. The van der Waals surface area contributed by atoms with E-state index in [-0.39, 0.29) is 0 Å². The zero-order chi connectivity index (χ0) is 13.6. The van der Waals surface area contributed by atoms with E-state index in [2.05, 4.69) is 18.7 Å². The fraction of sp³-hybridized carbons (Fsp3) is 0.933. The summed E-state index contributed by atoms with van der Waals surface area (Å²) in [7, 11) is 0. The molecule has 0 fully saturated rings. The van der Waals surface area contributed by atoms with Crippen molar-refractivity contribution in [3.8, 4) is 0 Å². The van der Waals surface area contributed by atoms with E-state index >= 15 is 0 Å². The van der Waals surface area contributed by atoms with Gasteiger partial charge in [0.05, 0.1) is 0 Å². The lowest BCUT2D eigenvalue weighted by atomic mass is 10.1. The molecule has 0 aliphatic carbocycles. The fourth-order valence-corrected chi connectivity index (χ4v) is 2.21. The zero-order valence-electron chi connectivity index (χ0n) is 12.3. The highest BCUT2D eigenvalue weighted by Gasteiger charge is 1.99. The quantitative estimate of drug-likeness (QED) is 0.508. The summed E-state index contributed by atoms with van der Waals surface area (Å²) in [6.45, 7) is 8.02. The monoisotopic (exact) mass is 257 g/mol. The van der Waals surface area contributed by atoms with Crippen LogP contribution in [0.2, 0.25) is 0 Å². The van der Waals surface area contributed by atoms with E-state index in [0.717, 1.165) is 12.8 Å². The normalized spacial score (nSPS) is 11.1. The van der Waals surface area contributed by atoms with Crippen LogP contribution in [0.4, 0.5) is 0 Å². The van der Waals surface area contributed by atoms with Gasteiger partial charge >= 0.3 is 5.97 Å². The molecule has 0 atom stereocenters. The van der Waals surface area contributed by atoms with Gasteiger partial charge in [-0.1, -0.05) is 52.4 Å². The lowest BCUT2D eigenvalue weighted by Crippen LogP contribution is -2.23. The molecule has 1 N–H and O–H groups in total. The second-order valence-electron chi connectivity index (χ2n) is 5.00. The van der Waals surface area contributed by atoms with Gasteiger partial charge in [0.15, 0.2) is 0 Å². The van der Waals surface area contributed by atoms with E-state index in [1.807, 2.05) is 0 Å². The predicted octanol–water partition coefficient (Wildman–Crippen LogP) is 3.92. The third-order valence-corrected chi connectivity index (χ3v) is 3.51. The van der Waals surface area contributed by atoms with Crippen LogP contribution in [0, 0.1) is 0 Å². The van der Waals surface area contributed by atoms with Crippen LogP contribution in [0.15, 0.2) is 0 Å². The van der Waals surface area contributed by atoms with E-state index in [0.29, 0.717) is 6.42 Å². The van der Waals surface area contributed by atoms with Gasteiger partial charge in [0.1, 0.15) is 0 Å². The first-order valence-electron chi connectivity index (χ1n) is 7.64. The minimum atomic E-state index is -0.661. The summed E-state index contributed by atoms with van der Waals surface area (Å²) in [6, 6.07) is 0. The summed E-state index contributed by atoms with van der Waals surface area (Å²) in [5, 5.41) is 8.49. The molecule has 0 aromatic carbocycles. The molecular weight excluding hydrogens is 226 g/mol. The molecule has 0 bridgehead atoms. The number of aliphatic carboxylic acids is 1. The summed E-state index contributed by atoms with van der Waals surface area (Å²) in [5.74, 6) is -0.661. The summed E-state index contributed by atoms with van der Waals surface area (Å²) in [6.07, 6.45) is 10.0. The van der Waals surface area contributed by atoms with Crippen molar-refractivity contribution in [1.29, 1.82) is 0 Å².